The van der Waals surface area contributed by atoms with Gasteiger partial charge in [0.1, 0.15) is 0 Å². The van der Waals surface area contributed by atoms with Crippen molar-refractivity contribution in [2.24, 2.45) is 23.3 Å². The molecule has 0 aromatic rings. The number of unbranched alkanes of at least 4 members (excludes halogenated alkanes) is 3. The van der Waals surface area contributed by atoms with Gasteiger partial charge in [-0.3, -0.25) is 18.9 Å². The van der Waals surface area contributed by atoms with Crippen molar-refractivity contribution in [2.75, 3.05) is 37.1 Å². The Kier molecular flexibility index (Phi) is 21.4. The molecule has 0 fully saturated rings. The summed E-state index contributed by atoms with van der Waals surface area (Å²) in [6.45, 7) is 5.65. The summed E-state index contributed by atoms with van der Waals surface area (Å²) < 4.78 is 15.7. The molecule has 0 radical (unpaired) electrons. The van der Waals surface area contributed by atoms with Gasteiger partial charge >= 0.3 is 7.60 Å². The molecule has 0 rings (SSSR count). The zero-order chi connectivity index (χ0) is 24.3. The fourth-order valence-corrected chi connectivity index (χ4v) is 4.65. The van der Waals surface area contributed by atoms with Gasteiger partial charge in [0.2, 0.25) is 17.7 Å². The fraction of sp³-hybridized carbons (Fsp3) is 0.833. The molecule has 0 saturated heterocycles. The topological polar surface area (TPSA) is 162 Å². The minimum atomic E-state index is -3.35. The van der Waals surface area contributed by atoms with E-state index in [-0.39, 0.29) is 29.6 Å². The quantitative estimate of drug-likeness (QED) is 0.0847. The second-order valence-corrected chi connectivity index (χ2v) is 11.9. The third kappa shape index (κ3) is 25.7. The number of carbonyl (C=O) groups excluding carboxylic acids is 3. The smallest absolute Gasteiger partial charge is 0.325 e. The van der Waals surface area contributed by atoms with Gasteiger partial charge in [-0.2, -0.15) is 12.6 Å². The van der Waals surface area contributed by atoms with Gasteiger partial charge in [0.05, 0.1) is 6.61 Å². The molecule has 0 saturated carbocycles. The van der Waals surface area contributed by atoms with E-state index in [0.717, 1.165) is 25.7 Å². The van der Waals surface area contributed by atoms with E-state index < -0.39 is 7.60 Å². The van der Waals surface area contributed by atoms with E-state index in [2.05, 4.69) is 17.9 Å². The Morgan fingerprint density at radius 1 is 1.06 bits per heavy atom. The molecule has 3 unspecified atom stereocenters. The van der Waals surface area contributed by atoms with Crippen LogP contribution < -0.4 is 16.8 Å². The van der Waals surface area contributed by atoms with E-state index in [9.17, 15) is 18.9 Å². The second-order valence-electron chi connectivity index (χ2n) is 7.05. The molecular weight excluding hydrogens is 481 g/mol. The SMILES string of the molecule is CC(CS)C(N)=O.CC(CSSCCC(=O)NCCCCCCOP(C)(=O)O)C(N)=O. The van der Waals surface area contributed by atoms with E-state index in [0.29, 0.717) is 36.8 Å². The summed E-state index contributed by atoms with van der Waals surface area (Å²) in [7, 11) is -0.218. The molecule has 9 nitrogen and oxygen atoms in total. The minimum Gasteiger partial charge on any atom is -0.369 e. The highest BCUT2D eigenvalue weighted by molar-refractivity contribution is 8.76. The summed E-state index contributed by atoms with van der Waals surface area (Å²) in [6, 6.07) is 0. The van der Waals surface area contributed by atoms with Crippen LogP contribution in [0.4, 0.5) is 0 Å². The van der Waals surface area contributed by atoms with Crippen LogP contribution in [-0.2, 0) is 23.5 Å². The molecule has 0 aromatic carbocycles. The molecule has 0 aliphatic heterocycles. The van der Waals surface area contributed by atoms with Crippen molar-refractivity contribution < 1.29 is 28.4 Å². The molecule has 13 heteroatoms. The van der Waals surface area contributed by atoms with Crippen LogP contribution in [0.3, 0.4) is 0 Å². The van der Waals surface area contributed by atoms with E-state index in [1.807, 2.05) is 0 Å². The Morgan fingerprint density at radius 3 is 2.13 bits per heavy atom. The Hall–Kier alpha value is -0.390. The average Bonchev–Trinajstić information content (AvgIpc) is 2.68. The molecule has 0 aromatic heterocycles. The van der Waals surface area contributed by atoms with Crippen LogP contribution in [0, 0.1) is 11.8 Å². The predicted octanol–water partition coefficient (Wildman–Crippen LogP) is 2.43. The second kappa shape index (κ2) is 20.2. The van der Waals surface area contributed by atoms with Gasteiger partial charge in [-0.15, -0.1) is 0 Å². The van der Waals surface area contributed by atoms with Gasteiger partial charge in [0.25, 0.3) is 0 Å². The molecule has 0 bridgehead atoms. The van der Waals surface area contributed by atoms with Gasteiger partial charge in [-0.05, 0) is 12.8 Å². The van der Waals surface area contributed by atoms with Crippen LogP contribution in [0.25, 0.3) is 0 Å². The number of carbonyl (C=O) groups is 3. The highest BCUT2D eigenvalue weighted by Gasteiger charge is 2.09. The lowest BCUT2D eigenvalue weighted by Gasteiger charge is -2.07. The zero-order valence-electron chi connectivity index (χ0n) is 18.6. The molecule has 31 heavy (non-hydrogen) atoms. The molecule has 0 spiro atoms. The molecular formula is C18H38N3O6PS3. The third-order valence-corrected chi connectivity index (χ3v) is 7.57. The van der Waals surface area contributed by atoms with Gasteiger partial charge in [-0.25, -0.2) is 0 Å². The normalized spacial score (nSPS) is 14.5. The van der Waals surface area contributed by atoms with Gasteiger partial charge in [0.15, 0.2) is 0 Å². The fourth-order valence-electron chi connectivity index (χ4n) is 1.65. The molecule has 6 N–H and O–H groups in total. The summed E-state index contributed by atoms with van der Waals surface area (Å²) in [5.74, 6) is 1.11. The van der Waals surface area contributed by atoms with Crippen molar-refractivity contribution in [1.29, 1.82) is 0 Å². The Balaban J connectivity index is 0. The highest BCUT2D eigenvalue weighted by atomic mass is 33.1. The van der Waals surface area contributed by atoms with E-state index in [4.69, 9.17) is 20.9 Å². The average molecular weight is 520 g/mol. The number of hydrogen-bond donors (Lipinski definition) is 5. The van der Waals surface area contributed by atoms with Crippen molar-refractivity contribution in [3.8, 4) is 0 Å². The summed E-state index contributed by atoms with van der Waals surface area (Å²) in [5.41, 5.74) is 10.0. The van der Waals surface area contributed by atoms with Crippen molar-refractivity contribution in [1.82, 2.24) is 5.32 Å². The van der Waals surface area contributed by atoms with Crippen LogP contribution in [0.15, 0.2) is 0 Å². The number of amides is 3. The summed E-state index contributed by atoms with van der Waals surface area (Å²) in [5, 5.41) is 2.86. The van der Waals surface area contributed by atoms with E-state index >= 15 is 0 Å². The maximum Gasteiger partial charge on any atom is 0.325 e. The predicted molar refractivity (Wildman–Crippen MR) is 133 cm³/mol. The van der Waals surface area contributed by atoms with Crippen LogP contribution >= 0.6 is 41.8 Å². The first kappa shape index (κ1) is 32.8. The van der Waals surface area contributed by atoms with Gasteiger partial charge in [-0.1, -0.05) is 48.3 Å². The van der Waals surface area contributed by atoms with Crippen molar-refractivity contribution in [3.05, 3.63) is 0 Å². The lowest BCUT2D eigenvalue weighted by Crippen LogP contribution is -2.24. The Morgan fingerprint density at radius 2 is 1.65 bits per heavy atom. The number of nitrogens with one attached hydrogen (secondary N) is 1. The lowest BCUT2D eigenvalue weighted by atomic mass is 10.2. The van der Waals surface area contributed by atoms with Crippen LogP contribution in [-0.4, -0.2) is 59.7 Å². The first-order valence-electron chi connectivity index (χ1n) is 10.1. The number of thiol groups is 1. The third-order valence-electron chi connectivity index (χ3n) is 3.78. The van der Waals surface area contributed by atoms with E-state index in [1.165, 1.54) is 6.66 Å². The maximum atomic E-state index is 11.6. The zero-order valence-corrected chi connectivity index (χ0v) is 22.0. The number of hydrogen-bond acceptors (Lipinski definition) is 8. The highest BCUT2D eigenvalue weighted by Crippen LogP contribution is 2.36. The molecule has 0 aliphatic rings. The van der Waals surface area contributed by atoms with Crippen LogP contribution in [0.5, 0.6) is 0 Å². The minimum absolute atomic E-state index is 0.0292. The molecule has 0 heterocycles. The monoisotopic (exact) mass is 519 g/mol. The Bertz CT molecular complexity index is 566. The standard InChI is InChI=1S/C14H29N2O5PS2.C4H9NOS/c1-12(14(15)18)11-24-23-10-7-13(17)16-8-5-3-4-6-9-21-22(2,19)20;1-3(2-7)4(5)6/h12H,3-11H2,1-2H3,(H2,15,18)(H,16,17)(H,19,20);3,7H,2H2,1H3,(H2,5,6). The largest absolute Gasteiger partial charge is 0.369 e. The molecule has 3 atom stereocenters. The maximum absolute atomic E-state index is 11.6. The van der Waals surface area contributed by atoms with Crippen molar-refractivity contribution in [2.45, 2.75) is 46.0 Å². The molecule has 0 aliphatic carbocycles. The first-order chi connectivity index (χ1) is 14.4. The van der Waals surface area contributed by atoms with Crippen molar-refractivity contribution in [3.63, 3.8) is 0 Å². The number of primary amides is 2. The van der Waals surface area contributed by atoms with Gasteiger partial charge in [0, 0.05) is 48.7 Å². The van der Waals surface area contributed by atoms with E-state index in [1.54, 1.807) is 35.4 Å². The lowest BCUT2D eigenvalue weighted by molar-refractivity contribution is -0.121. The van der Waals surface area contributed by atoms with Crippen LogP contribution in [0.2, 0.25) is 0 Å². The Labute approximate surface area is 199 Å². The number of rotatable bonds is 17. The first-order valence-corrected chi connectivity index (χ1v) is 15.2. The van der Waals surface area contributed by atoms with Crippen LogP contribution in [0.1, 0.15) is 46.0 Å². The van der Waals surface area contributed by atoms with Crippen molar-refractivity contribution >= 4 is 59.5 Å². The van der Waals surface area contributed by atoms with Gasteiger partial charge < -0.3 is 26.2 Å². The number of nitrogens with two attached hydrogens (primary N) is 2. The molecule has 184 valence electrons. The summed E-state index contributed by atoms with van der Waals surface area (Å²) >= 11 is 3.85. The molecule has 3 amide bonds. The summed E-state index contributed by atoms with van der Waals surface area (Å²) in [6.07, 6.45) is 3.93. The summed E-state index contributed by atoms with van der Waals surface area (Å²) in [4.78, 5) is 41.5.